The van der Waals surface area contributed by atoms with Crippen LogP contribution in [0.4, 0.5) is 4.79 Å². The number of carboxylic acids is 1. The monoisotopic (exact) mass is 315 g/mol. The van der Waals surface area contributed by atoms with Crippen molar-refractivity contribution in [2.75, 3.05) is 7.05 Å². The molecule has 122 valence electrons. The van der Waals surface area contributed by atoms with E-state index in [4.69, 9.17) is 5.11 Å². The second kappa shape index (κ2) is 7.09. The molecule has 2 rings (SSSR count). The quantitative estimate of drug-likeness (QED) is 0.888. The number of urea groups is 1. The number of carbonyl (C=O) groups excluding carboxylic acids is 1. The molecule has 6 nitrogen and oxygen atoms in total. The molecule has 2 N–H and O–H groups in total. The van der Waals surface area contributed by atoms with E-state index in [2.05, 4.69) is 10.3 Å². The number of aliphatic carboxylic acids is 1. The Morgan fingerprint density at radius 1 is 1.26 bits per heavy atom. The molecule has 1 heterocycles. The van der Waals surface area contributed by atoms with E-state index in [0.29, 0.717) is 6.54 Å². The normalized spacial score (nSPS) is 12.2. The molecule has 0 fully saturated rings. The molecule has 0 aliphatic carbocycles. The van der Waals surface area contributed by atoms with Crippen LogP contribution in [0.3, 0.4) is 0 Å². The van der Waals surface area contributed by atoms with E-state index in [0.717, 1.165) is 16.5 Å². The average Bonchev–Trinajstić information content (AvgIpc) is 2.52. The van der Waals surface area contributed by atoms with Crippen molar-refractivity contribution in [1.82, 2.24) is 15.2 Å². The number of aromatic nitrogens is 1. The van der Waals surface area contributed by atoms with Crippen LogP contribution in [0.5, 0.6) is 0 Å². The molecule has 1 atom stereocenters. The van der Waals surface area contributed by atoms with Gasteiger partial charge in [-0.15, -0.1) is 0 Å². The average molecular weight is 315 g/mol. The van der Waals surface area contributed by atoms with E-state index in [1.54, 1.807) is 27.1 Å². The van der Waals surface area contributed by atoms with Gasteiger partial charge in [0.05, 0.1) is 5.52 Å². The molecule has 0 aliphatic rings. The fourth-order valence-electron chi connectivity index (χ4n) is 2.38. The molecule has 1 aromatic heterocycles. The Hall–Kier alpha value is -2.63. The van der Waals surface area contributed by atoms with Gasteiger partial charge in [0.1, 0.15) is 6.04 Å². The van der Waals surface area contributed by atoms with Crippen LogP contribution in [0.1, 0.15) is 19.4 Å². The maximum absolute atomic E-state index is 12.2. The maximum Gasteiger partial charge on any atom is 0.326 e. The van der Waals surface area contributed by atoms with Gasteiger partial charge in [-0.2, -0.15) is 0 Å². The van der Waals surface area contributed by atoms with Gasteiger partial charge in [0.25, 0.3) is 0 Å². The zero-order valence-electron chi connectivity index (χ0n) is 13.5. The van der Waals surface area contributed by atoms with Crippen molar-refractivity contribution in [3.8, 4) is 0 Å². The lowest BCUT2D eigenvalue weighted by atomic mass is 10.1. The first-order chi connectivity index (χ1) is 10.9. The summed E-state index contributed by atoms with van der Waals surface area (Å²) in [5.41, 5.74) is 1.83. The molecule has 0 aliphatic heterocycles. The summed E-state index contributed by atoms with van der Waals surface area (Å²) < 4.78 is 0. The smallest absolute Gasteiger partial charge is 0.326 e. The number of carboxylic acid groups (broad SMARTS) is 1. The topological polar surface area (TPSA) is 82.5 Å². The molecule has 0 saturated carbocycles. The van der Waals surface area contributed by atoms with Crippen LogP contribution >= 0.6 is 0 Å². The molecule has 2 aromatic rings. The third-order valence-corrected chi connectivity index (χ3v) is 3.71. The predicted octanol–water partition coefficient (Wildman–Crippen LogP) is 2.49. The highest BCUT2D eigenvalue weighted by atomic mass is 16.4. The number of rotatable bonds is 5. The summed E-state index contributed by atoms with van der Waals surface area (Å²) in [6.07, 6.45) is 1.71. The summed E-state index contributed by atoms with van der Waals surface area (Å²) in [5.74, 6) is -1.22. The molecule has 2 amide bonds. The Balaban J connectivity index is 2.13. The Labute approximate surface area is 135 Å². The number of pyridine rings is 1. The summed E-state index contributed by atoms with van der Waals surface area (Å²) in [7, 11) is 1.64. The van der Waals surface area contributed by atoms with E-state index in [1.807, 2.05) is 30.3 Å². The van der Waals surface area contributed by atoms with Gasteiger partial charge in [-0.25, -0.2) is 9.59 Å². The first kappa shape index (κ1) is 16.7. The first-order valence-corrected chi connectivity index (χ1v) is 7.47. The minimum atomic E-state index is -1.03. The van der Waals surface area contributed by atoms with Crippen molar-refractivity contribution >= 4 is 22.9 Å². The van der Waals surface area contributed by atoms with Crippen molar-refractivity contribution in [2.24, 2.45) is 5.92 Å². The van der Waals surface area contributed by atoms with Crippen molar-refractivity contribution < 1.29 is 14.7 Å². The van der Waals surface area contributed by atoms with Gasteiger partial charge in [0.2, 0.25) is 0 Å². The lowest BCUT2D eigenvalue weighted by Gasteiger charge is -2.23. The summed E-state index contributed by atoms with van der Waals surface area (Å²) >= 11 is 0. The Bertz CT molecular complexity index is 710. The van der Waals surface area contributed by atoms with Crippen LogP contribution in [0.2, 0.25) is 0 Å². The molecular formula is C17H21N3O3. The number of hydrogen-bond donors (Lipinski definition) is 2. The van der Waals surface area contributed by atoms with E-state index in [9.17, 15) is 9.59 Å². The number of nitrogens with zero attached hydrogens (tertiary/aromatic N) is 2. The molecule has 0 spiro atoms. The van der Waals surface area contributed by atoms with E-state index in [-0.39, 0.29) is 5.92 Å². The van der Waals surface area contributed by atoms with Crippen molar-refractivity contribution in [3.05, 3.63) is 42.1 Å². The number of hydrogen-bond acceptors (Lipinski definition) is 3. The van der Waals surface area contributed by atoms with Crippen molar-refractivity contribution in [2.45, 2.75) is 26.4 Å². The van der Waals surface area contributed by atoms with Gasteiger partial charge < -0.3 is 15.3 Å². The van der Waals surface area contributed by atoms with Crippen LogP contribution in [0.25, 0.3) is 10.9 Å². The summed E-state index contributed by atoms with van der Waals surface area (Å²) in [6, 6.07) is 8.26. The van der Waals surface area contributed by atoms with Gasteiger partial charge in [-0.1, -0.05) is 32.0 Å². The predicted molar refractivity (Wildman–Crippen MR) is 88.0 cm³/mol. The molecule has 0 bridgehead atoms. The number of para-hydroxylation sites is 1. The molecule has 23 heavy (non-hydrogen) atoms. The van der Waals surface area contributed by atoms with Gasteiger partial charge in [-0.3, -0.25) is 4.98 Å². The fourth-order valence-corrected chi connectivity index (χ4v) is 2.38. The summed E-state index contributed by atoms with van der Waals surface area (Å²) in [6.45, 7) is 3.89. The third-order valence-electron chi connectivity index (χ3n) is 3.71. The van der Waals surface area contributed by atoms with Crippen LogP contribution < -0.4 is 5.32 Å². The Morgan fingerprint density at radius 2 is 1.96 bits per heavy atom. The highest BCUT2D eigenvalue weighted by Gasteiger charge is 2.24. The lowest BCUT2D eigenvalue weighted by Crippen LogP contribution is -2.48. The van der Waals surface area contributed by atoms with Gasteiger partial charge in [0, 0.05) is 25.2 Å². The lowest BCUT2D eigenvalue weighted by molar-refractivity contribution is -0.140. The third kappa shape index (κ3) is 3.97. The van der Waals surface area contributed by atoms with E-state index < -0.39 is 18.0 Å². The minimum Gasteiger partial charge on any atom is -0.480 e. The van der Waals surface area contributed by atoms with Crippen LogP contribution in [0, 0.1) is 5.92 Å². The summed E-state index contributed by atoms with van der Waals surface area (Å²) in [5, 5.41) is 12.7. The number of amides is 2. The molecular weight excluding hydrogens is 294 g/mol. The van der Waals surface area contributed by atoms with Gasteiger partial charge in [-0.05, 0) is 23.6 Å². The summed E-state index contributed by atoms with van der Waals surface area (Å²) in [4.78, 5) is 29.2. The van der Waals surface area contributed by atoms with Crippen molar-refractivity contribution in [3.63, 3.8) is 0 Å². The van der Waals surface area contributed by atoms with Crippen LogP contribution in [-0.2, 0) is 11.3 Å². The zero-order chi connectivity index (χ0) is 17.0. The number of fused-ring (bicyclic) bond motifs is 1. The maximum atomic E-state index is 12.2. The van der Waals surface area contributed by atoms with Gasteiger partial charge in [0.15, 0.2) is 0 Å². The molecule has 1 aromatic carbocycles. The molecule has 0 radical (unpaired) electrons. The largest absolute Gasteiger partial charge is 0.480 e. The number of nitrogens with one attached hydrogen (secondary N) is 1. The van der Waals surface area contributed by atoms with Gasteiger partial charge >= 0.3 is 12.0 Å². The Morgan fingerprint density at radius 3 is 2.61 bits per heavy atom. The fraction of sp³-hybridized carbons (Fsp3) is 0.353. The molecule has 0 unspecified atom stereocenters. The first-order valence-electron chi connectivity index (χ1n) is 7.47. The second-order valence-electron chi connectivity index (χ2n) is 5.85. The Kier molecular flexibility index (Phi) is 5.16. The van der Waals surface area contributed by atoms with Crippen LogP contribution in [0.15, 0.2) is 36.5 Å². The van der Waals surface area contributed by atoms with E-state index >= 15 is 0 Å². The standard InChI is InChI=1S/C17H21N3O3/c1-11(2)15(16(21)22)19-17(23)20(3)10-12-8-9-18-14-7-5-4-6-13(12)14/h4-9,11,15H,10H2,1-3H3,(H,19,23)(H,21,22)/t15-/m0/s1. The second-order valence-corrected chi connectivity index (χ2v) is 5.85. The molecule has 6 heteroatoms. The van der Waals surface area contributed by atoms with E-state index in [1.165, 1.54) is 4.90 Å². The minimum absolute atomic E-state index is 0.188. The van der Waals surface area contributed by atoms with Crippen LogP contribution in [-0.4, -0.2) is 40.1 Å². The SMILES string of the molecule is CC(C)[C@H](NC(=O)N(C)Cc1ccnc2ccccc12)C(=O)O. The number of carbonyl (C=O) groups is 2. The highest BCUT2D eigenvalue weighted by Crippen LogP contribution is 2.17. The zero-order valence-corrected chi connectivity index (χ0v) is 13.5. The highest BCUT2D eigenvalue weighted by molar-refractivity contribution is 5.84. The number of benzene rings is 1. The molecule has 0 saturated heterocycles. The van der Waals surface area contributed by atoms with Crippen molar-refractivity contribution in [1.29, 1.82) is 0 Å².